The third-order valence-corrected chi connectivity index (χ3v) is 3.47. The first-order valence-corrected chi connectivity index (χ1v) is 6.73. The van der Waals surface area contributed by atoms with E-state index < -0.39 is 6.04 Å². The van der Waals surface area contributed by atoms with Crippen LogP contribution in [0.1, 0.15) is 20.3 Å². The highest BCUT2D eigenvalue weighted by atomic mass is 35.5. The molecular formula is C14H17ClN2O2. The fraction of sp³-hybridized carbons (Fsp3) is 0.429. The smallest absolute Gasteiger partial charge is 0.249 e. The Morgan fingerprint density at radius 2 is 1.89 bits per heavy atom. The fourth-order valence-electron chi connectivity index (χ4n) is 2.13. The molecule has 1 aromatic rings. The predicted molar refractivity (Wildman–Crippen MR) is 75.2 cm³/mol. The fourth-order valence-corrected chi connectivity index (χ4v) is 2.25. The van der Waals surface area contributed by atoms with E-state index in [-0.39, 0.29) is 17.7 Å². The zero-order valence-electron chi connectivity index (χ0n) is 11.0. The van der Waals surface area contributed by atoms with E-state index >= 15 is 0 Å². The van der Waals surface area contributed by atoms with Gasteiger partial charge in [-0.15, -0.1) is 0 Å². The normalized spacial score (nSPS) is 20.4. The van der Waals surface area contributed by atoms with E-state index in [1.165, 1.54) is 0 Å². The van der Waals surface area contributed by atoms with Crippen molar-refractivity contribution >= 4 is 29.1 Å². The summed E-state index contributed by atoms with van der Waals surface area (Å²) >= 11 is 5.85. The van der Waals surface area contributed by atoms with Gasteiger partial charge >= 0.3 is 0 Å². The molecule has 4 nitrogen and oxygen atoms in total. The van der Waals surface area contributed by atoms with Gasteiger partial charge in [-0.05, 0) is 30.2 Å². The molecule has 1 aromatic carbocycles. The Kier molecular flexibility index (Phi) is 4.10. The minimum Gasteiger partial charge on any atom is -0.344 e. The summed E-state index contributed by atoms with van der Waals surface area (Å²) < 4.78 is 0. The lowest BCUT2D eigenvalue weighted by Gasteiger charge is -2.26. The molecule has 1 heterocycles. The number of nitrogens with one attached hydrogen (secondary N) is 1. The summed E-state index contributed by atoms with van der Waals surface area (Å²) in [4.78, 5) is 25.8. The van der Waals surface area contributed by atoms with Crippen LogP contribution in [0, 0.1) is 5.92 Å². The summed E-state index contributed by atoms with van der Waals surface area (Å²) in [6, 6.07) is 6.62. The van der Waals surface area contributed by atoms with Crippen molar-refractivity contribution in [1.29, 1.82) is 0 Å². The number of halogens is 1. The highest BCUT2D eigenvalue weighted by Gasteiger charge is 2.32. The Balaban J connectivity index is 2.30. The zero-order valence-corrected chi connectivity index (χ0v) is 11.8. The van der Waals surface area contributed by atoms with Gasteiger partial charge in [0.1, 0.15) is 6.04 Å². The molecule has 1 unspecified atom stereocenters. The second kappa shape index (κ2) is 5.61. The first-order chi connectivity index (χ1) is 8.99. The average molecular weight is 281 g/mol. The Labute approximate surface area is 117 Å². The van der Waals surface area contributed by atoms with Crippen LogP contribution < -0.4 is 10.2 Å². The highest BCUT2D eigenvalue weighted by Crippen LogP contribution is 2.21. The quantitative estimate of drug-likeness (QED) is 0.903. The summed E-state index contributed by atoms with van der Waals surface area (Å²) in [5, 5.41) is 3.41. The maximum atomic E-state index is 12.5. The summed E-state index contributed by atoms with van der Waals surface area (Å²) in [5.41, 5.74) is 0.775. The van der Waals surface area contributed by atoms with Gasteiger partial charge in [-0.1, -0.05) is 25.4 Å². The molecule has 2 rings (SSSR count). The van der Waals surface area contributed by atoms with E-state index in [1.807, 2.05) is 13.8 Å². The molecule has 0 bridgehead atoms. The van der Waals surface area contributed by atoms with Crippen LogP contribution in [0.5, 0.6) is 0 Å². The van der Waals surface area contributed by atoms with Crippen LogP contribution in [0.4, 0.5) is 5.69 Å². The van der Waals surface area contributed by atoms with Gasteiger partial charge in [0.2, 0.25) is 11.8 Å². The Morgan fingerprint density at radius 3 is 2.47 bits per heavy atom. The summed E-state index contributed by atoms with van der Waals surface area (Å²) in [5.74, 6) is -0.0870. The van der Waals surface area contributed by atoms with Gasteiger partial charge in [0.25, 0.3) is 0 Å². The molecule has 0 aromatic heterocycles. The van der Waals surface area contributed by atoms with Crippen LogP contribution in [0.2, 0.25) is 5.02 Å². The first kappa shape index (κ1) is 13.9. The van der Waals surface area contributed by atoms with Gasteiger partial charge in [-0.25, -0.2) is 0 Å². The van der Waals surface area contributed by atoms with Crippen molar-refractivity contribution in [3.05, 3.63) is 29.3 Å². The molecule has 0 aliphatic carbocycles. The monoisotopic (exact) mass is 280 g/mol. The number of hydrogen-bond acceptors (Lipinski definition) is 2. The first-order valence-electron chi connectivity index (χ1n) is 6.35. The molecule has 1 N–H and O–H groups in total. The van der Waals surface area contributed by atoms with Crippen LogP contribution in [-0.2, 0) is 9.59 Å². The number of nitrogens with zero attached hydrogens (tertiary/aromatic N) is 1. The Bertz CT molecular complexity index is 485. The molecule has 5 heteroatoms. The third kappa shape index (κ3) is 3.07. The molecule has 1 aliphatic heterocycles. The SMILES string of the molecule is CC(C)C1NC(=O)CCN(c2ccc(Cl)cc2)C1=O. The van der Waals surface area contributed by atoms with E-state index in [4.69, 9.17) is 11.6 Å². The molecule has 1 fully saturated rings. The minimum atomic E-state index is -0.467. The van der Waals surface area contributed by atoms with Gasteiger partial charge in [0, 0.05) is 23.7 Å². The standard InChI is InChI=1S/C14H17ClN2O2/c1-9(2)13-14(19)17(8-7-12(18)16-13)11-5-3-10(15)4-6-11/h3-6,9,13H,7-8H2,1-2H3,(H,16,18). The minimum absolute atomic E-state index is 0.0596. The van der Waals surface area contributed by atoms with Crippen molar-refractivity contribution < 1.29 is 9.59 Å². The van der Waals surface area contributed by atoms with Gasteiger partial charge < -0.3 is 10.2 Å². The number of carbonyl (C=O) groups excluding carboxylic acids is 2. The zero-order chi connectivity index (χ0) is 14.0. The maximum absolute atomic E-state index is 12.5. The van der Waals surface area contributed by atoms with Crippen LogP contribution >= 0.6 is 11.6 Å². The van der Waals surface area contributed by atoms with Gasteiger partial charge in [0.05, 0.1) is 0 Å². The van der Waals surface area contributed by atoms with Crippen LogP contribution in [0.25, 0.3) is 0 Å². The van der Waals surface area contributed by atoms with Crippen molar-refractivity contribution in [1.82, 2.24) is 5.32 Å². The van der Waals surface area contributed by atoms with Crippen molar-refractivity contribution in [2.24, 2.45) is 5.92 Å². The van der Waals surface area contributed by atoms with Crippen molar-refractivity contribution in [2.75, 3.05) is 11.4 Å². The van der Waals surface area contributed by atoms with Crippen LogP contribution in [0.3, 0.4) is 0 Å². The summed E-state index contributed by atoms with van der Waals surface area (Å²) in [6.45, 7) is 4.25. The Morgan fingerprint density at radius 1 is 1.26 bits per heavy atom. The highest BCUT2D eigenvalue weighted by molar-refractivity contribution is 6.30. The van der Waals surface area contributed by atoms with Gasteiger partial charge in [-0.3, -0.25) is 9.59 Å². The molecular weight excluding hydrogens is 264 g/mol. The maximum Gasteiger partial charge on any atom is 0.249 e. The number of amides is 2. The Hall–Kier alpha value is -1.55. The number of rotatable bonds is 2. The van der Waals surface area contributed by atoms with Gasteiger partial charge in [-0.2, -0.15) is 0 Å². The van der Waals surface area contributed by atoms with Crippen molar-refractivity contribution in [3.8, 4) is 0 Å². The number of benzene rings is 1. The van der Waals surface area contributed by atoms with Crippen molar-refractivity contribution in [3.63, 3.8) is 0 Å². The second-order valence-corrected chi connectivity index (χ2v) is 5.44. The summed E-state index contributed by atoms with van der Waals surface area (Å²) in [6.07, 6.45) is 0.317. The lowest BCUT2D eigenvalue weighted by atomic mass is 10.0. The largest absolute Gasteiger partial charge is 0.344 e. The molecule has 2 amide bonds. The lowest BCUT2D eigenvalue weighted by molar-refractivity contribution is -0.126. The van der Waals surface area contributed by atoms with Crippen molar-refractivity contribution in [2.45, 2.75) is 26.3 Å². The van der Waals surface area contributed by atoms with Crippen LogP contribution in [0.15, 0.2) is 24.3 Å². The average Bonchev–Trinajstić information content (AvgIpc) is 2.51. The molecule has 0 spiro atoms. The van der Waals surface area contributed by atoms with E-state index in [2.05, 4.69) is 5.32 Å². The molecule has 1 aliphatic rings. The van der Waals surface area contributed by atoms with E-state index in [0.717, 1.165) is 5.69 Å². The molecule has 1 atom stereocenters. The molecule has 0 radical (unpaired) electrons. The van der Waals surface area contributed by atoms with Crippen LogP contribution in [-0.4, -0.2) is 24.4 Å². The number of carbonyl (C=O) groups is 2. The predicted octanol–water partition coefficient (Wildman–Crippen LogP) is 2.22. The van der Waals surface area contributed by atoms with E-state index in [0.29, 0.717) is 18.0 Å². The van der Waals surface area contributed by atoms with E-state index in [1.54, 1.807) is 29.2 Å². The van der Waals surface area contributed by atoms with Gasteiger partial charge in [0.15, 0.2) is 0 Å². The molecule has 0 saturated carbocycles. The second-order valence-electron chi connectivity index (χ2n) is 5.01. The molecule has 1 saturated heterocycles. The summed E-state index contributed by atoms with van der Waals surface area (Å²) in [7, 11) is 0. The number of hydrogen-bond donors (Lipinski definition) is 1. The van der Waals surface area contributed by atoms with E-state index in [9.17, 15) is 9.59 Å². The molecule has 102 valence electrons. The topological polar surface area (TPSA) is 49.4 Å². The number of anilines is 1. The lowest BCUT2D eigenvalue weighted by Crippen LogP contribution is -2.47. The molecule has 19 heavy (non-hydrogen) atoms. The third-order valence-electron chi connectivity index (χ3n) is 3.22.